The molecule has 9 heteroatoms. The fourth-order valence-corrected chi connectivity index (χ4v) is 5.46. The molecule has 4 rings (SSSR count). The number of nitrogens with zero attached hydrogens (tertiary/aromatic N) is 2. The summed E-state index contributed by atoms with van der Waals surface area (Å²) in [4.78, 5) is 13.4. The van der Waals surface area contributed by atoms with Gasteiger partial charge in [0.2, 0.25) is 0 Å². The monoisotopic (exact) mass is 441 g/mol. The molecule has 162 valence electrons. The number of ether oxygens (including phenoxy) is 1. The predicted molar refractivity (Wildman–Crippen MR) is 115 cm³/mol. The Bertz CT molecular complexity index is 1160. The van der Waals surface area contributed by atoms with Gasteiger partial charge in [0.05, 0.1) is 35.2 Å². The van der Waals surface area contributed by atoms with E-state index in [2.05, 4.69) is 15.7 Å². The summed E-state index contributed by atoms with van der Waals surface area (Å²) < 4.78 is 35.0. The molecule has 0 bridgehead atoms. The Hall–Kier alpha value is -3.25. The summed E-state index contributed by atoms with van der Waals surface area (Å²) in [5, 5.41) is 18.7. The summed E-state index contributed by atoms with van der Waals surface area (Å²) in [6.45, 7) is 1.13. The molecule has 2 aliphatic rings. The van der Waals surface area contributed by atoms with E-state index in [-0.39, 0.29) is 22.3 Å². The van der Waals surface area contributed by atoms with E-state index in [0.717, 1.165) is 50.4 Å². The standard InChI is InChI=1S/C22H23N3O5S/c23-14-15-6-8-19-18(12-15)24-31(28,29)21-13-16(22(26)27)7-9-20(21)30-11-3-5-17-4-1-2-10-25(17)19/h6-9,12-13,17,24H,1-5,10-11H2,(H,26,27). The van der Waals surface area contributed by atoms with E-state index >= 15 is 0 Å². The van der Waals surface area contributed by atoms with Crippen molar-refractivity contribution in [2.24, 2.45) is 0 Å². The molecule has 2 heterocycles. The van der Waals surface area contributed by atoms with Gasteiger partial charge in [0.15, 0.2) is 0 Å². The van der Waals surface area contributed by atoms with Crippen LogP contribution in [0.3, 0.4) is 0 Å². The molecule has 2 aromatic carbocycles. The first-order valence-corrected chi connectivity index (χ1v) is 11.7. The molecule has 0 amide bonds. The molecule has 2 aliphatic heterocycles. The van der Waals surface area contributed by atoms with E-state index in [1.807, 2.05) is 0 Å². The summed E-state index contributed by atoms with van der Waals surface area (Å²) in [7, 11) is -4.18. The van der Waals surface area contributed by atoms with Crippen LogP contribution < -0.4 is 14.4 Å². The molecular weight excluding hydrogens is 418 g/mol. The number of nitrogens with one attached hydrogen (secondary N) is 1. The molecule has 31 heavy (non-hydrogen) atoms. The van der Waals surface area contributed by atoms with Crippen molar-refractivity contribution in [1.82, 2.24) is 0 Å². The lowest BCUT2D eigenvalue weighted by Gasteiger charge is -2.39. The highest BCUT2D eigenvalue weighted by Gasteiger charge is 2.29. The normalized spacial score (nSPS) is 20.2. The van der Waals surface area contributed by atoms with Gasteiger partial charge in [-0.15, -0.1) is 0 Å². The third kappa shape index (κ3) is 4.30. The smallest absolute Gasteiger partial charge is 0.335 e. The Morgan fingerprint density at radius 1 is 1.16 bits per heavy atom. The van der Waals surface area contributed by atoms with Crippen LogP contribution in [0, 0.1) is 11.3 Å². The van der Waals surface area contributed by atoms with Crippen LogP contribution in [0.15, 0.2) is 41.3 Å². The van der Waals surface area contributed by atoms with E-state index in [1.165, 1.54) is 18.2 Å². The molecule has 8 nitrogen and oxygen atoms in total. The number of piperidine rings is 1. The Balaban J connectivity index is 1.86. The topological polar surface area (TPSA) is 120 Å². The van der Waals surface area contributed by atoms with E-state index in [9.17, 15) is 23.6 Å². The molecule has 0 aromatic heterocycles. The lowest BCUT2D eigenvalue weighted by atomic mass is 9.96. The van der Waals surface area contributed by atoms with Gasteiger partial charge in [0.25, 0.3) is 10.0 Å². The average molecular weight is 442 g/mol. The second-order valence-corrected chi connectivity index (χ2v) is 9.40. The number of nitriles is 1. The first kappa shape index (κ1) is 21.0. The molecule has 2 aromatic rings. The Kier molecular flexibility index (Phi) is 5.74. The van der Waals surface area contributed by atoms with Gasteiger partial charge in [-0.25, -0.2) is 13.2 Å². The highest BCUT2D eigenvalue weighted by Crippen LogP contribution is 2.37. The number of carbonyl (C=O) groups is 1. The van der Waals surface area contributed by atoms with Crippen molar-refractivity contribution in [2.75, 3.05) is 22.8 Å². The number of sulfonamides is 1. The number of benzene rings is 2. The maximum Gasteiger partial charge on any atom is 0.335 e. The number of carboxylic acids is 1. The summed E-state index contributed by atoms with van der Waals surface area (Å²) in [6, 6.07) is 11.1. The summed E-state index contributed by atoms with van der Waals surface area (Å²) in [5.41, 5.74) is 1.21. The summed E-state index contributed by atoms with van der Waals surface area (Å²) in [5.74, 6) is -1.12. The van der Waals surface area contributed by atoms with Gasteiger partial charge in [0.1, 0.15) is 10.6 Å². The Labute approximate surface area is 181 Å². The zero-order chi connectivity index (χ0) is 22.0. The molecule has 0 spiro atoms. The fourth-order valence-electron chi connectivity index (χ4n) is 4.23. The van der Waals surface area contributed by atoms with Crippen molar-refractivity contribution >= 4 is 27.4 Å². The van der Waals surface area contributed by atoms with E-state index in [4.69, 9.17) is 4.74 Å². The minimum absolute atomic E-state index is 0.108. The van der Waals surface area contributed by atoms with Gasteiger partial charge < -0.3 is 14.7 Å². The van der Waals surface area contributed by atoms with Crippen molar-refractivity contribution in [2.45, 2.75) is 43.0 Å². The van der Waals surface area contributed by atoms with Crippen molar-refractivity contribution in [3.05, 3.63) is 47.5 Å². The van der Waals surface area contributed by atoms with Crippen LogP contribution in [0.4, 0.5) is 11.4 Å². The molecule has 0 saturated carbocycles. The highest BCUT2D eigenvalue weighted by atomic mass is 32.2. The van der Waals surface area contributed by atoms with Crippen molar-refractivity contribution < 1.29 is 23.1 Å². The SMILES string of the molecule is N#Cc1ccc2c(c1)NS(=O)(=O)c1cc(C(=O)O)ccc1OCCCC1CCCCN21. The largest absolute Gasteiger partial charge is 0.492 e. The van der Waals surface area contributed by atoms with Gasteiger partial charge in [-0.05, 0) is 68.5 Å². The molecule has 0 aliphatic carbocycles. The van der Waals surface area contributed by atoms with Crippen molar-refractivity contribution in [1.29, 1.82) is 5.26 Å². The van der Waals surface area contributed by atoms with Crippen LogP contribution in [-0.4, -0.2) is 38.7 Å². The average Bonchev–Trinajstić information content (AvgIpc) is 2.76. The minimum atomic E-state index is -4.18. The number of carboxylic acid groups (broad SMARTS) is 1. The lowest BCUT2D eigenvalue weighted by molar-refractivity contribution is 0.0696. The molecule has 1 atom stereocenters. The molecule has 0 radical (unpaired) electrons. The van der Waals surface area contributed by atoms with Crippen LogP contribution in [-0.2, 0) is 10.0 Å². The fraction of sp³-hybridized carbons (Fsp3) is 0.364. The van der Waals surface area contributed by atoms with Crippen LogP contribution in [0.2, 0.25) is 0 Å². The Morgan fingerprint density at radius 2 is 1.97 bits per heavy atom. The summed E-state index contributed by atoms with van der Waals surface area (Å²) >= 11 is 0. The van der Waals surface area contributed by atoms with Crippen LogP contribution in [0.25, 0.3) is 0 Å². The first-order valence-electron chi connectivity index (χ1n) is 10.2. The Morgan fingerprint density at radius 3 is 2.74 bits per heavy atom. The van der Waals surface area contributed by atoms with Gasteiger partial charge in [-0.3, -0.25) is 4.72 Å². The summed E-state index contributed by atoms with van der Waals surface area (Å²) in [6.07, 6.45) is 4.74. The number of anilines is 2. The number of rotatable bonds is 1. The van der Waals surface area contributed by atoms with Gasteiger partial charge in [-0.1, -0.05) is 0 Å². The highest BCUT2D eigenvalue weighted by molar-refractivity contribution is 7.92. The second-order valence-electron chi connectivity index (χ2n) is 7.75. The number of hydrogen-bond acceptors (Lipinski definition) is 6. The molecule has 1 saturated heterocycles. The lowest BCUT2D eigenvalue weighted by Crippen LogP contribution is -2.40. The number of hydrogen-bond donors (Lipinski definition) is 2. The zero-order valence-electron chi connectivity index (χ0n) is 16.9. The van der Waals surface area contributed by atoms with Gasteiger partial charge >= 0.3 is 5.97 Å². The van der Waals surface area contributed by atoms with Gasteiger partial charge in [-0.2, -0.15) is 5.26 Å². The maximum atomic E-state index is 13.3. The van der Waals surface area contributed by atoms with Crippen molar-refractivity contribution in [3.8, 4) is 11.8 Å². The third-order valence-corrected chi connectivity index (χ3v) is 7.11. The van der Waals surface area contributed by atoms with E-state index in [1.54, 1.807) is 12.1 Å². The zero-order valence-corrected chi connectivity index (χ0v) is 17.7. The molecule has 1 fully saturated rings. The van der Waals surface area contributed by atoms with Crippen LogP contribution >= 0.6 is 0 Å². The first-order chi connectivity index (χ1) is 14.9. The van der Waals surface area contributed by atoms with Crippen LogP contribution in [0.5, 0.6) is 5.75 Å². The van der Waals surface area contributed by atoms with Crippen molar-refractivity contribution in [3.63, 3.8) is 0 Å². The minimum Gasteiger partial charge on any atom is -0.492 e. The van der Waals surface area contributed by atoms with E-state index < -0.39 is 16.0 Å². The predicted octanol–water partition coefficient (Wildman–Crippen LogP) is 3.59. The molecule has 1 unspecified atom stereocenters. The van der Waals surface area contributed by atoms with E-state index in [0.29, 0.717) is 17.9 Å². The molecular formula is C22H23N3O5S. The molecule has 2 N–H and O–H groups in total. The number of fused-ring (bicyclic) bond motifs is 4. The third-order valence-electron chi connectivity index (χ3n) is 5.73. The van der Waals surface area contributed by atoms with Gasteiger partial charge in [0, 0.05) is 12.6 Å². The second kappa shape index (κ2) is 8.47. The van der Waals surface area contributed by atoms with Crippen LogP contribution in [0.1, 0.15) is 48.0 Å². The number of aromatic carboxylic acids is 1. The maximum absolute atomic E-state index is 13.3. The quantitative estimate of drug-likeness (QED) is 0.694.